The average Bonchev–Trinajstić information content (AvgIpc) is 2.40. The molecule has 0 aliphatic rings. The van der Waals surface area contributed by atoms with Crippen molar-refractivity contribution in [2.75, 3.05) is 0 Å². The van der Waals surface area contributed by atoms with Crippen LogP contribution < -0.4 is 0 Å². The first-order valence-corrected chi connectivity index (χ1v) is 6.71. The molecule has 0 saturated carbocycles. The molecule has 1 nitrogen and oxygen atoms in total. The van der Waals surface area contributed by atoms with Gasteiger partial charge < -0.3 is 0 Å². The Morgan fingerprint density at radius 1 is 1.00 bits per heavy atom. The molecular weight excluding hydrogens is 251 g/mol. The van der Waals surface area contributed by atoms with Crippen LogP contribution in [0.2, 0.25) is 0 Å². The predicted octanol–water partition coefficient (Wildman–Crippen LogP) is 4.66. The van der Waals surface area contributed by atoms with Crippen molar-refractivity contribution in [2.24, 2.45) is 0 Å². The largest absolute Gasteiger partial charge is 0.289 e. The summed E-state index contributed by atoms with van der Waals surface area (Å²) >= 11 is 0. The topological polar surface area (TPSA) is 17.1 Å². The van der Waals surface area contributed by atoms with Crippen LogP contribution in [0.5, 0.6) is 0 Å². The lowest BCUT2D eigenvalue weighted by Gasteiger charge is -2.22. The second kappa shape index (κ2) is 5.20. The van der Waals surface area contributed by atoms with Gasteiger partial charge in [0, 0.05) is 11.1 Å². The van der Waals surface area contributed by atoms with Crippen LogP contribution in [0.25, 0.3) is 0 Å². The van der Waals surface area contributed by atoms with Gasteiger partial charge in [-0.2, -0.15) is 0 Å². The van der Waals surface area contributed by atoms with Gasteiger partial charge in [0.2, 0.25) is 0 Å². The molecule has 0 atom stereocenters. The van der Waals surface area contributed by atoms with E-state index in [2.05, 4.69) is 20.8 Å². The summed E-state index contributed by atoms with van der Waals surface area (Å²) in [5.74, 6) is -0.500. The van der Waals surface area contributed by atoms with Crippen LogP contribution in [0.3, 0.4) is 0 Å². The third kappa shape index (κ3) is 2.79. The first-order valence-electron chi connectivity index (χ1n) is 6.71. The van der Waals surface area contributed by atoms with Crippen molar-refractivity contribution in [2.45, 2.75) is 33.1 Å². The Bertz CT molecular complexity index is 651. The quantitative estimate of drug-likeness (QED) is 0.725. The zero-order valence-corrected chi connectivity index (χ0v) is 12.3. The Morgan fingerprint density at radius 3 is 2.30 bits per heavy atom. The Hall–Kier alpha value is -1.96. The third-order valence-electron chi connectivity index (χ3n) is 3.42. The standard InChI is InChI=1S/C18H19FO/c1-12-9-10-13(19)11-15(12)17(20)14-7-5-6-8-16(14)18(2,3)4/h5-11H,1-4H3. The summed E-state index contributed by atoms with van der Waals surface area (Å²) in [6, 6.07) is 11.9. The normalized spacial score (nSPS) is 11.4. The van der Waals surface area contributed by atoms with Crippen LogP contribution in [0.1, 0.15) is 47.8 Å². The highest BCUT2D eigenvalue weighted by Gasteiger charge is 2.22. The predicted molar refractivity (Wildman–Crippen MR) is 79.7 cm³/mol. The number of ketones is 1. The highest BCUT2D eigenvalue weighted by atomic mass is 19.1. The number of hydrogen-bond acceptors (Lipinski definition) is 1. The molecule has 0 bridgehead atoms. The van der Waals surface area contributed by atoms with E-state index in [4.69, 9.17) is 0 Å². The van der Waals surface area contributed by atoms with E-state index in [1.54, 1.807) is 6.07 Å². The van der Waals surface area contributed by atoms with E-state index < -0.39 is 0 Å². The van der Waals surface area contributed by atoms with E-state index in [0.29, 0.717) is 11.1 Å². The zero-order chi connectivity index (χ0) is 14.9. The summed E-state index contributed by atoms with van der Waals surface area (Å²) in [6.45, 7) is 8.03. The smallest absolute Gasteiger partial charge is 0.193 e. The number of aryl methyl sites for hydroxylation is 1. The number of carbonyl (C=O) groups is 1. The maximum absolute atomic E-state index is 13.4. The maximum Gasteiger partial charge on any atom is 0.193 e. The number of benzene rings is 2. The monoisotopic (exact) mass is 270 g/mol. The van der Waals surface area contributed by atoms with Crippen molar-refractivity contribution in [3.8, 4) is 0 Å². The van der Waals surface area contributed by atoms with Crippen LogP contribution >= 0.6 is 0 Å². The van der Waals surface area contributed by atoms with Crippen LogP contribution in [0, 0.1) is 12.7 Å². The SMILES string of the molecule is Cc1ccc(F)cc1C(=O)c1ccccc1C(C)(C)C. The van der Waals surface area contributed by atoms with Crippen molar-refractivity contribution < 1.29 is 9.18 Å². The molecule has 0 amide bonds. The van der Waals surface area contributed by atoms with E-state index in [1.165, 1.54) is 12.1 Å². The van der Waals surface area contributed by atoms with Crippen molar-refractivity contribution >= 4 is 5.78 Å². The van der Waals surface area contributed by atoms with Crippen molar-refractivity contribution in [1.29, 1.82) is 0 Å². The first-order chi connectivity index (χ1) is 9.30. The van der Waals surface area contributed by atoms with Crippen molar-refractivity contribution in [3.05, 3.63) is 70.5 Å². The lowest BCUT2D eigenvalue weighted by Crippen LogP contribution is -2.17. The Balaban J connectivity index is 2.57. The van der Waals surface area contributed by atoms with Crippen molar-refractivity contribution in [1.82, 2.24) is 0 Å². The molecule has 20 heavy (non-hydrogen) atoms. The second-order valence-corrected chi connectivity index (χ2v) is 6.08. The number of rotatable bonds is 2. The Morgan fingerprint density at radius 2 is 1.65 bits per heavy atom. The molecule has 0 saturated heterocycles. The highest BCUT2D eigenvalue weighted by molar-refractivity contribution is 6.11. The summed E-state index contributed by atoms with van der Waals surface area (Å²) in [7, 11) is 0. The zero-order valence-electron chi connectivity index (χ0n) is 12.3. The van der Waals surface area contributed by atoms with Gasteiger partial charge in [-0.05, 0) is 35.6 Å². The summed E-state index contributed by atoms with van der Waals surface area (Å²) in [4.78, 5) is 12.7. The molecule has 0 spiro atoms. The molecule has 0 unspecified atom stereocenters. The molecule has 0 radical (unpaired) electrons. The molecule has 0 fully saturated rings. The molecule has 0 aliphatic heterocycles. The van der Waals surface area contributed by atoms with E-state index in [0.717, 1.165) is 11.1 Å². The van der Waals surface area contributed by atoms with Gasteiger partial charge in [0.1, 0.15) is 5.82 Å². The minimum atomic E-state index is -0.382. The molecule has 0 N–H and O–H groups in total. The van der Waals surface area contributed by atoms with Crippen LogP contribution in [-0.2, 0) is 5.41 Å². The molecule has 0 aromatic heterocycles. The summed E-state index contributed by atoms with van der Waals surface area (Å²) < 4.78 is 13.4. The minimum absolute atomic E-state index is 0.118. The Labute approximate surface area is 119 Å². The van der Waals surface area contributed by atoms with E-state index >= 15 is 0 Å². The van der Waals surface area contributed by atoms with Gasteiger partial charge in [-0.1, -0.05) is 51.1 Å². The number of halogens is 1. The van der Waals surface area contributed by atoms with Gasteiger partial charge >= 0.3 is 0 Å². The van der Waals surface area contributed by atoms with Gasteiger partial charge in [0.15, 0.2) is 5.78 Å². The fraction of sp³-hybridized carbons (Fsp3) is 0.278. The van der Waals surface area contributed by atoms with Crippen LogP contribution in [0.4, 0.5) is 4.39 Å². The molecule has 104 valence electrons. The molecule has 0 heterocycles. The fourth-order valence-electron chi connectivity index (χ4n) is 2.32. The molecule has 2 aromatic rings. The van der Waals surface area contributed by atoms with Gasteiger partial charge in [-0.25, -0.2) is 4.39 Å². The lowest BCUT2D eigenvalue weighted by molar-refractivity contribution is 0.103. The van der Waals surface area contributed by atoms with Crippen LogP contribution in [-0.4, -0.2) is 5.78 Å². The van der Waals surface area contributed by atoms with E-state index in [1.807, 2.05) is 31.2 Å². The fourth-order valence-corrected chi connectivity index (χ4v) is 2.32. The number of hydrogen-bond donors (Lipinski definition) is 0. The molecule has 2 rings (SSSR count). The summed E-state index contributed by atoms with van der Waals surface area (Å²) in [5, 5.41) is 0. The lowest BCUT2D eigenvalue weighted by atomic mass is 9.81. The van der Waals surface area contributed by atoms with Gasteiger partial charge in [-0.15, -0.1) is 0 Å². The Kier molecular flexibility index (Phi) is 3.76. The van der Waals surface area contributed by atoms with Gasteiger partial charge in [0.05, 0.1) is 0 Å². The van der Waals surface area contributed by atoms with Gasteiger partial charge in [0.25, 0.3) is 0 Å². The second-order valence-electron chi connectivity index (χ2n) is 6.08. The van der Waals surface area contributed by atoms with Gasteiger partial charge in [-0.3, -0.25) is 4.79 Å². The molecular formula is C18H19FO. The minimum Gasteiger partial charge on any atom is -0.289 e. The maximum atomic E-state index is 13.4. The first kappa shape index (κ1) is 14.4. The van der Waals surface area contributed by atoms with Crippen LogP contribution in [0.15, 0.2) is 42.5 Å². The molecule has 2 aromatic carbocycles. The average molecular weight is 270 g/mol. The third-order valence-corrected chi connectivity index (χ3v) is 3.42. The highest BCUT2D eigenvalue weighted by Crippen LogP contribution is 2.28. The van der Waals surface area contributed by atoms with Crippen molar-refractivity contribution in [3.63, 3.8) is 0 Å². The molecule has 2 heteroatoms. The van der Waals surface area contributed by atoms with E-state index in [-0.39, 0.29) is 17.0 Å². The summed E-state index contributed by atoms with van der Waals surface area (Å²) in [6.07, 6.45) is 0. The molecule has 0 aliphatic carbocycles. The van der Waals surface area contributed by atoms with E-state index in [9.17, 15) is 9.18 Å². The number of carbonyl (C=O) groups excluding carboxylic acids is 1. The summed E-state index contributed by atoms with van der Waals surface area (Å²) in [5.41, 5.74) is 2.72.